The molecule has 1 amide bonds. The molecule has 2 heterocycles. The molecule has 0 aliphatic carbocycles. The lowest BCUT2D eigenvalue weighted by atomic mass is 9.82. The summed E-state index contributed by atoms with van der Waals surface area (Å²) in [4.78, 5) is 15.9. The van der Waals surface area contributed by atoms with Crippen LogP contribution in [0.15, 0.2) is 54.6 Å². The number of hydrogen-bond acceptors (Lipinski definition) is 4. The average molecular weight is 493 g/mol. The van der Waals surface area contributed by atoms with Gasteiger partial charge in [-0.05, 0) is 61.2 Å². The van der Waals surface area contributed by atoms with Gasteiger partial charge in [0, 0.05) is 39.0 Å². The number of carbonyl (C=O) groups is 1. The molecule has 2 aromatic carbocycles. The Kier molecular flexibility index (Phi) is 8.01. The second kappa shape index (κ2) is 10.4. The van der Waals surface area contributed by atoms with E-state index in [1.807, 2.05) is 6.92 Å². The van der Waals surface area contributed by atoms with Crippen LogP contribution in [0.1, 0.15) is 44.2 Å². The highest BCUT2D eigenvalue weighted by Gasteiger charge is 2.62. The molecule has 0 aromatic heterocycles. The maximum absolute atomic E-state index is 13.4. The summed E-state index contributed by atoms with van der Waals surface area (Å²) in [6, 6.07) is 12.6. The minimum Gasteiger partial charge on any atom is -0.437 e. The van der Waals surface area contributed by atoms with Crippen molar-refractivity contribution in [3.63, 3.8) is 0 Å². The molecular weight excluding hydrogens is 462 g/mol. The molecule has 1 spiro atoms. The fourth-order valence-electron chi connectivity index (χ4n) is 4.95. The number of nitrogens with zero attached hydrogens (tertiary/aromatic N) is 2. The molecule has 0 radical (unpaired) electrons. The van der Waals surface area contributed by atoms with E-state index in [1.165, 1.54) is 29.2 Å². The quantitative estimate of drug-likeness (QED) is 0.600. The molecule has 2 fully saturated rings. The number of carbonyl (C=O) groups excluding carboxylic acids is 1. The van der Waals surface area contributed by atoms with Crippen LogP contribution < -0.4 is 0 Å². The van der Waals surface area contributed by atoms with Gasteiger partial charge in [-0.25, -0.2) is 13.6 Å². The molecule has 4 rings (SSSR count). The number of aliphatic hydroxyl groups is 1. The van der Waals surface area contributed by atoms with Crippen molar-refractivity contribution in [2.24, 2.45) is 0 Å². The Bertz CT molecular complexity index is 970. The monoisotopic (exact) mass is 492 g/mol. The molecule has 2 aromatic rings. The Hall–Kier alpha value is -2.48. The van der Waals surface area contributed by atoms with Crippen LogP contribution in [0.4, 0.5) is 13.6 Å². The predicted molar refractivity (Wildman–Crippen MR) is 130 cm³/mol. The fraction of sp³-hybridized carbons (Fsp3) is 0.423. The van der Waals surface area contributed by atoms with Crippen molar-refractivity contribution in [2.75, 3.05) is 26.2 Å². The lowest BCUT2D eigenvalue weighted by molar-refractivity contribution is -0.164. The molecule has 0 saturated carbocycles. The molecule has 184 valence electrons. The van der Waals surface area contributed by atoms with Gasteiger partial charge in [-0.1, -0.05) is 30.3 Å². The molecule has 2 aliphatic rings. The SMILES string of the molecule is CCN1C(=O)OC2(CCN(CCC=C(c3ccc(F)cc3)c3ccc(F)cc3)CC2)C1(C)O.Cl. The first kappa shape index (κ1) is 26.1. The zero-order valence-corrected chi connectivity index (χ0v) is 20.3. The normalized spacial score (nSPS) is 21.8. The zero-order chi connectivity index (χ0) is 23.6. The first-order valence-electron chi connectivity index (χ1n) is 11.4. The van der Waals surface area contributed by atoms with E-state index < -0.39 is 17.4 Å². The summed E-state index contributed by atoms with van der Waals surface area (Å²) in [6.07, 6.45) is 3.51. The molecule has 1 unspecified atom stereocenters. The lowest BCUT2D eigenvalue weighted by Crippen LogP contribution is -2.60. The van der Waals surface area contributed by atoms with E-state index >= 15 is 0 Å². The van der Waals surface area contributed by atoms with Gasteiger partial charge < -0.3 is 14.7 Å². The van der Waals surface area contributed by atoms with Crippen LogP contribution in [-0.4, -0.2) is 58.5 Å². The van der Waals surface area contributed by atoms with E-state index in [0.717, 1.165) is 29.7 Å². The summed E-state index contributed by atoms with van der Waals surface area (Å²) in [5.74, 6) is -0.603. The zero-order valence-electron chi connectivity index (χ0n) is 19.5. The standard InChI is InChI=1S/C26H30F2N2O3.ClH/c1-3-30-24(31)33-26(25(30,2)32)14-17-29(18-15-26)16-4-5-23(19-6-10-21(27)11-7-19)20-8-12-22(28)13-9-20;/h5-13,32H,3-4,14-18H2,1-2H3;1H. The van der Waals surface area contributed by atoms with Crippen LogP contribution in [0.25, 0.3) is 5.57 Å². The summed E-state index contributed by atoms with van der Waals surface area (Å²) < 4.78 is 32.5. The van der Waals surface area contributed by atoms with Gasteiger partial charge in [0.2, 0.25) is 0 Å². The van der Waals surface area contributed by atoms with Gasteiger partial charge in [0.25, 0.3) is 0 Å². The minimum atomic E-state index is -1.32. The largest absolute Gasteiger partial charge is 0.437 e. The summed E-state index contributed by atoms with van der Waals surface area (Å²) in [5.41, 5.74) is 0.473. The van der Waals surface area contributed by atoms with Gasteiger partial charge in [-0.3, -0.25) is 4.90 Å². The molecule has 8 heteroatoms. The van der Waals surface area contributed by atoms with Crippen LogP contribution in [0.2, 0.25) is 0 Å². The second-order valence-electron chi connectivity index (χ2n) is 8.89. The number of ether oxygens (including phenoxy) is 1. The summed E-state index contributed by atoms with van der Waals surface area (Å²) in [5, 5.41) is 11.0. The van der Waals surface area contributed by atoms with E-state index in [1.54, 1.807) is 31.2 Å². The van der Waals surface area contributed by atoms with Gasteiger partial charge in [0.15, 0.2) is 11.3 Å². The highest BCUT2D eigenvalue weighted by atomic mass is 35.5. The summed E-state index contributed by atoms with van der Waals surface area (Å²) in [6.45, 7) is 6.09. The van der Waals surface area contributed by atoms with E-state index in [-0.39, 0.29) is 24.0 Å². The average Bonchev–Trinajstić information content (AvgIpc) is 2.98. The van der Waals surface area contributed by atoms with Crippen molar-refractivity contribution in [3.8, 4) is 0 Å². The Morgan fingerprint density at radius 2 is 1.53 bits per heavy atom. The van der Waals surface area contributed by atoms with Crippen LogP contribution in [0.3, 0.4) is 0 Å². The Balaban J connectivity index is 0.00000324. The molecular formula is C26H31ClF2N2O3. The highest BCUT2D eigenvalue weighted by Crippen LogP contribution is 2.44. The van der Waals surface area contributed by atoms with Crippen LogP contribution in [-0.2, 0) is 4.74 Å². The van der Waals surface area contributed by atoms with Gasteiger partial charge in [0.05, 0.1) is 0 Å². The summed E-state index contributed by atoms with van der Waals surface area (Å²) in [7, 11) is 0. The summed E-state index contributed by atoms with van der Waals surface area (Å²) >= 11 is 0. The van der Waals surface area contributed by atoms with Gasteiger partial charge >= 0.3 is 6.09 Å². The number of likely N-dealkylation sites (N-methyl/N-ethyl adjacent to an activating group) is 1. The molecule has 2 aliphatic heterocycles. The second-order valence-corrected chi connectivity index (χ2v) is 8.89. The number of amides is 1. The first-order valence-corrected chi connectivity index (χ1v) is 11.4. The minimum absolute atomic E-state index is 0. The maximum atomic E-state index is 13.4. The fourth-order valence-corrected chi connectivity index (χ4v) is 4.95. The number of likely N-dealkylation sites (tertiary alicyclic amines) is 1. The van der Waals surface area contributed by atoms with Crippen LogP contribution in [0.5, 0.6) is 0 Å². The lowest BCUT2D eigenvalue weighted by Gasteiger charge is -2.44. The molecule has 2 saturated heterocycles. The number of benzene rings is 2. The third kappa shape index (κ3) is 4.97. The van der Waals surface area contributed by atoms with Crippen molar-refractivity contribution >= 4 is 24.1 Å². The number of halogens is 3. The topological polar surface area (TPSA) is 53.0 Å². The smallest absolute Gasteiger partial charge is 0.412 e. The Morgan fingerprint density at radius 3 is 1.97 bits per heavy atom. The third-order valence-electron chi connectivity index (χ3n) is 6.98. The molecule has 1 N–H and O–H groups in total. The Labute approximate surface area is 205 Å². The first-order chi connectivity index (χ1) is 15.8. The number of hydrogen-bond donors (Lipinski definition) is 1. The molecule has 1 atom stereocenters. The van der Waals surface area contributed by atoms with Crippen molar-refractivity contribution in [1.29, 1.82) is 0 Å². The molecule has 34 heavy (non-hydrogen) atoms. The van der Waals surface area contributed by atoms with Crippen LogP contribution in [0, 0.1) is 11.6 Å². The maximum Gasteiger partial charge on any atom is 0.412 e. The van der Waals surface area contributed by atoms with Crippen molar-refractivity contribution in [2.45, 2.75) is 44.4 Å². The Morgan fingerprint density at radius 1 is 1.03 bits per heavy atom. The predicted octanol–water partition coefficient (Wildman–Crippen LogP) is 5.22. The van der Waals surface area contributed by atoms with Gasteiger partial charge in [-0.2, -0.15) is 0 Å². The van der Waals surface area contributed by atoms with E-state index in [0.29, 0.717) is 32.5 Å². The van der Waals surface area contributed by atoms with Gasteiger partial charge in [-0.15, -0.1) is 12.4 Å². The van der Waals surface area contributed by atoms with E-state index in [2.05, 4.69) is 11.0 Å². The number of piperidine rings is 1. The van der Waals surface area contributed by atoms with Crippen LogP contribution >= 0.6 is 12.4 Å². The van der Waals surface area contributed by atoms with Crippen molar-refractivity contribution in [3.05, 3.63) is 77.4 Å². The van der Waals surface area contributed by atoms with Gasteiger partial charge in [0.1, 0.15) is 11.6 Å². The van der Waals surface area contributed by atoms with E-state index in [9.17, 15) is 18.7 Å². The van der Waals surface area contributed by atoms with Crippen molar-refractivity contribution < 1.29 is 23.4 Å². The number of rotatable bonds is 6. The highest BCUT2D eigenvalue weighted by molar-refractivity contribution is 5.85. The molecule has 0 bridgehead atoms. The van der Waals surface area contributed by atoms with Crippen molar-refractivity contribution in [1.82, 2.24) is 9.80 Å². The molecule has 5 nitrogen and oxygen atoms in total. The third-order valence-corrected chi connectivity index (χ3v) is 6.98. The van der Waals surface area contributed by atoms with E-state index in [4.69, 9.17) is 4.74 Å².